The lowest BCUT2D eigenvalue weighted by atomic mass is 9.98. The number of halogens is 1. The average molecular weight is 271 g/mol. The standard InChI is InChI=1S/C13H15ClO4/c1-2-18-13(17)12-9(6-7-11(15)16)4-3-5-10(12)8-14/h3-5H,2,6-8H2,1H3,(H,15,16). The van der Waals surface area contributed by atoms with E-state index in [1.165, 1.54) is 0 Å². The maximum absolute atomic E-state index is 11.9. The molecule has 0 saturated heterocycles. The van der Waals surface area contributed by atoms with E-state index < -0.39 is 11.9 Å². The summed E-state index contributed by atoms with van der Waals surface area (Å²) in [4.78, 5) is 22.5. The van der Waals surface area contributed by atoms with Crippen LogP contribution in [-0.2, 0) is 21.8 Å². The molecule has 0 spiro atoms. The van der Waals surface area contributed by atoms with Gasteiger partial charge < -0.3 is 9.84 Å². The topological polar surface area (TPSA) is 63.6 Å². The second kappa shape index (κ2) is 7.01. The van der Waals surface area contributed by atoms with Gasteiger partial charge in [-0.2, -0.15) is 0 Å². The molecule has 0 heterocycles. The van der Waals surface area contributed by atoms with Gasteiger partial charge in [-0.15, -0.1) is 11.6 Å². The van der Waals surface area contributed by atoms with Crippen molar-refractivity contribution in [2.45, 2.75) is 25.6 Å². The fourth-order valence-electron chi connectivity index (χ4n) is 1.68. The van der Waals surface area contributed by atoms with Crippen molar-refractivity contribution in [3.8, 4) is 0 Å². The number of aliphatic carboxylic acids is 1. The highest BCUT2D eigenvalue weighted by Gasteiger charge is 2.17. The van der Waals surface area contributed by atoms with Crippen LogP contribution in [0.1, 0.15) is 34.8 Å². The van der Waals surface area contributed by atoms with Crippen molar-refractivity contribution in [1.29, 1.82) is 0 Å². The predicted octanol–water partition coefficient (Wildman–Crippen LogP) is 2.62. The molecule has 0 unspecified atom stereocenters. The summed E-state index contributed by atoms with van der Waals surface area (Å²) in [7, 11) is 0. The number of hydrogen-bond donors (Lipinski definition) is 1. The van der Waals surface area contributed by atoms with Gasteiger partial charge in [-0.05, 0) is 24.5 Å². The predicted molar refractivity (Wildman–Crippen MR) is 67.9 cm³/mol. The van der Waals surface area contributed by atoms with Gasteiger partial charge in [0.15, 0.2) is 0 Å². The van der Waals surface area contributed by atoms with Crippen LogP contribution in [0, 0.1) is 0 Å². The molecule has 0 aliphatic carbocycles. The third kappa shape index (κ3) is 3.74. The van der Waals surface area contributed by atoms with Gasteiger partial charge >= 0.3 is 11.9 Å². The number of carboxylic acids is 1. The van der Waals surface area contributed by atoms with E-state index in [-0.39, 0.29) is 25.3 Å². The highest BCUT2D eigenvalue weighted by molar-refractivity contribution is 6.17. The molecule has 5 heteroatoms. The van der Waals surface area contributed by atoms with Gasteiger partial charge in [0.1, 0.15) is 0 Å². The molecule has 98 valence electrons. The van der Waals surface area contributed by atoms with Gasteiger partial charge in [-0.25, -0.2) is 4.79 Å². The van der Waals surface area contributed by atoms with Crippen LogP contribution in [-0.4, -0.2) is 23.7 Å². The van der Waals surface area contributed by atoms with Crippen molar-refractivity contribution in [1.82, 2.24) is 0 Å². The Bertz CT molecular complexity index is 443. The largest absolute Gasteiger partial charge is 0.481 e. The number of aryl methyl sites for hydroxylation is 1. The van der Waals surface area contributed by atoms with E-state index in [9.17, 15) is 9.59 Å². The lowest BCUT2D eigenvalue weighted by Gasteiger charge is -2.11. The number of alkyl halides is 1. The molecule has 18 heavy (non-hydrogen) atoms. The molecule has 1 N–H and O–H groups in total. The molecule has 0 amide bonds. The Morgan fingerprint density at radius 1 is 1.33 bits per heavy atom. The first-order valence-corrected chi connectivity index (χ1v) is 6.19. The number of hydrogen-bond acceptors (Lipinski definition) is 3. The van der Waals surface area contributed by atoms with E-state index in [4.69, 9.17) is 21.4 Å². The summed E-state index contributed by atoms with van der Waals surface area (Å²) >= 11 is 5.79. The van der Waals surface area contributed by atoms with Gasteiger partial charge in [0.2, 0.25) is 0 Å². The SMILES string of the molecule is CCOC(=O)c1c(CCl)cccc1CCC(=O)O. The van der Waals surface area contributed by atoms with Crippen molar-refractivity contribution in [2.75, 3.05) is 6.61 Å². The summed E-state index contributed by atoms with van der Waals surface area (Å²) in [5.41, 5.74) is 1.72. The van der Waals surface area contributed by atoms with Crippen molar-refractivity contribution in [3.63, 3.8) is 0 Å². The lowest BCUT2D eigenvalue weighted by molar-refractivity contribution is -0.136. The number of rotatable bonds is 6. The molecule has 4 nitrogen and oxygen atoms in total. The molecule has 0 aliphatic rings. The van der Waals surface area contributed by atoms with Crippen LogP contribution < -0.4 is 0 Å². The van der Waals surface area contributed by atoms with Crippen molar-refractivity contribution in [3.05, 3.63) is 34.9 Å². The summed E-state index contributed by atoms with van der Waals surface area (Å²) in [5, 5.41) is 8.69. The summed E-state index contributed by atoms with van der Waals surface area (Å²) in [6.07, 6.45) is 0.256. The zero-order chi connectivity index (χ0) is 13.5. The second-order valence-electron chi connectivity index (χ2n) is 3.70. The normalized spacial score (nSPS) is 10.1. The minimum absolute atomic E-state index is 0.0296. The van der Waals surface area contributed by atoms with Crippen LogP contribution in [0.25, 0.3) is 0 Å². The molecule has 0 saturated carbocycles. The van der Waals surface area contributed by atoms with Gasteiger partial charge in [0.05, 0.1) is 12.2 Å². The molecule has 0 radical (unpaired) electrons. The van der Waals surface area contributed by atoms with Gasteiger partial charge in [-0.3, -0.25) is 4.79 Å². The molecular weight excluding hydrogens is 256 g/mol. The molecule has 0 aromatic heterocycles. The second-order valence-corrected chi connectivity index (χ2v) is 3.97. The van der Waals surface area contributed by atoms with Gasteiger partial charge in [-0.1, -0.05) is 18.2 Å². The Hall–Kier alpha value is -1.55. The molecule has 0 aliphatic heterocycles. The molecule has 0 fully saturated rings. The fraction of sp³-hybridized carbons (Fsp3) is 0.385. The molecule has 0 bridgehead atoms. The Labute approximate surface area is 111 Å². The quantitative estimate of drug-likeness (QED) is 0.637. The first-order valence-electron chi connectivity index (χ1n) is 5.65. The third-order valence-electron chi connectivity index (χ3n) is 2.47. The Balaban J connectivity index is 3.07. The van der Waals surface area contributed by atoms with E-state index in [0.717, 1.165) is 0 Å². The fourth-order valence-corrected chi connectivity index (χ4v) is 1.90. The maximum Gasteiger partial charge on any atom is 0.338 e. The zero-order valence-corrected chi connectivity index (χ0v) is 10.9. The monoisotopic (exact) mass is 270 g/mol. The highest BCUT2D eigenvalue weighted by atomic mass is 35.5. The van der Waals surface area contributed by atoms with E-state index in [1.54, 1.807) is 25.1 Å². The van der Waals surface area contributed by atoms with Crippen molar-refractivity contribution in [2.24, 2.45) is 0 Å². The Morgan fingerprint density at radius 3 is 2.56 bits per heavy atom. The molecule has 1 rings (SSSR count). The van der Waals surface area contributed by atoms with Crippen LogP contribution >= 0.6 is 11.6 Å². The number of esters is 1. The van der Waals surface area contributed by atoms with Crippen LogP contribution in [0.4, 0.5) is 0 Å². The van der Waals surface area contributed by atoms with Crippen molar-refractivity contribution >= 4 is 23.5 Å². The first-order chi connectivity index (χ1) is 8.60. The molecular formula is C13H15ClO4. The number of carbonyl (C=O) groups is 2. The number of carbonyl (C=O) groups excluding carboxylic acids is 1. The smallest absolute Gasteiger partial charge is 0.338 e. The molecule has 1 aromatic rings. The van der Waals surface area contributed by atoms with E-state index in [1.807, 2.05) is 0 Å². The average Bonchev–Trinajstić information content (AvgIpc) is 2.35. The van der Waals surface area contributed by atoms with Crippen LogP contribution in [0.5, 0.6) is 0 Å². The zero-order valence-electron chi connectivity index (χ0n) is 10.1. The minimum Gasteiger partial charge on any atom is -0.481 e. The van der Waals surface area contributed by atoms with Gasteiger partial charge in [0.25, 0.3) is 0 Å². The highest BCUT2D eigenvalue weighted by Crippen LogP contribution is 2.20. The van der Waals surface area contributed by atoms with Crippen molar-refractivity contribution < 1.29 is 19.4 Å². The Kier molecular flexibility index (Phi) is 5.65. The van der Waals surface area contributed by atoms with Crippen LogP contribution in [0.15, 0.2) is 18.2 Å². The summed E-state index contributed by atoms with van der Waals surface area (Å²) in [6, 6.07) is 5.23. The molecule has 0 atom stereocenters. The summed E-state index contributed by atoms with van der Waals surface area (Å²) < 4.78 is 4.97. The number of benzene rings is 1. The van der Waals surface area contributed by atoms with E-state index in [2.05, 4.69) is 0 Å². The Morgan fingerprint density at radius 2 is 2.00 bits per heavy atom. The van der Waals surface area contributed by atoms with Gasteiger partial charge in [0, 0.05) is 12.3 Å². The summed E-state index contributed by atoms with van der Waals surface area (Å²) in [6.45, 7) is 1.99. The number of carboxylic acid groups (broad SMARTS) is 1. The van der Waals surface area contributed by atoms with Crippen LogP contribution in [0.3, 0.4) is 0 Å². The number of ether oxygens (including phenoxy) is 1. The first kappa shape index (κ1) is 14.5. The van der Waals surface area contributed by atoms with Crippen LogP contribution in [0.2, 0.25) is 0 Å². The maximum atomic E-state index is 11.9. The third-order valence-corrected chi connectivity index (χ3v) is 2.76. The lowest BCUT2D eigenvalue weighted by Crippen LogP contribution is -2.12. The molecule has 1 aromatic carbocycles. The van der Waals surface area contributed by atoms with E-state index in [0.29, 0.717) is 16.7 Å². The van der Waals surface area contributed by atoms with E-state index >= 15 is 0 Å². The minimum atomic E-state index is -0.902. The summed E-state index contributed by atoms with van der Waals surface area (Å²) in [5.74, 6) is -1.16.